The van der Waals surface area contributed by atoms with Gasteiger partial charge in [-0.05, 0) is 29.7 Å². The van der Waals surface area contributed by atoms with Gasteiger partial charge in [0.1, 0.15) is 12.4 Å². The van der Waals surface area contributed by atoms with E-state index < -0.39 is 0 Å². The second-order valence-corrected chi connectivity index (χ2v) is 4.53. The fourth-order valence-electron chi connectivity index (χ4n) is 1.67. The van der Waals surface area contributed by atoms with E-state index in [1.54, 1.807) is 12.3 Å². The Morgan fingerprint density at radius 3 is 2.89 bits per heavy atom. The van der Waals surface area contributed by atoms with Gasteiger partial charge in [0, 0.05) is 6.20 Å². The normalized spacial score (nSPS) is 10.5. The van der Waals surface area contributed by atoms with Gasteiger partial charge in [0.05, 0.1) is 5.69 Å². The minimum atomic E-state index is 0.386. The number of nitrogens with zero attached hydrogens (tertiary/aromatic N) is 2. The van der Waals surface area contributed by atoms with Crippen LogP contribution >= 0.6 is 0 Å². The van der Waals surface area contributed by atoms with Crippen molar-refractivity contribution in [1.29, 1.82) is 0 Å². The molecule has 3 N–H and O–H groups in total. The van der Waals surface area contributed by atoms with Gasteiger partial charge in [0.2, 0.25) is 5.95 Å². The predicted octanol–water partition coefficient (Wildman–Crippen LogP) is 2.46. The minimum absolute atomic E-state index is 0.386. The molecule has 0 fully saturated rings. The molecule has 0 radical (unpaired) electrons. The monoisotopic (exact) mass is 258 g/mol. The molecular weight excluding hydrogens is 240 g/mol. The van der Waals surface area contributed by atoms with Gasteiger partial charge in [-0.25, -0.2) is 15.8 Å². The quantitative estimate of drug-likeness (QED) is 0.636. The van der Waals surface area contributed by atoms with Gasteiger partial charge < -0.3 is 4.74 Å². The fourth-order valence-corrected chi connectivity index (χ4v) is 1.67. The molecule has 0 bridgehead atoms. The number of nitrogens with one attached hydrogen (secondary N) is 1. The molecule has 5 heteroatoms. The Morgan fingerprint density at radius 2 is 2.16 bits per heavy atom. The Bertz CT molecular complexity index is 542. The Balaban J connectivity index is 2.03. The van der Waals surface area contributed by atoms with E-state index >= 15 is 0 Å². The van der Waals surface area contributed by atoms with Crippen LogP contribution in [0.4, 0.5) is 5.95 Å². The highest BCUT2D eigenvalue weighted by Crippen LogP contribution is 2.20. The van der Waals surface area contributed by atoms with Crippen molar-refractivity contribution in [1.82, 2.24) is 9.97 Å². The summed E-state index contributed by atoms with van der Waals surface area (Å²) in [7, 11) is 0. The molecule has 0 aliphatic rings. The molecule has 0 spiro atoms. The summed E-state index contributed by atoms with van der Waals surface area (Å²) in [6.07, 6.45) is 1.64. The topological polar surface area (TPSA) is 73.1 Å². The summed E-state index contributed by atoms with van der Waals surface area (Å²) >= 11 is 0. The number of hydrazine groups is 1. The lowest BCUT2D eigenvalue weighted by molar-refractivity contribution is 0.301. The average molecular weight is 258 g/mol. The number of anilines is 1. The van der Waals surface area contributed by atoms with Crippen molar-refractivity contribution in [2.45, 2.75) is 26.4 Å². The number of benzene rings is 1. The van der Waals surface area contributed by atoms with Crippen LogP contribution in [-0.2, 0) is 6.61 Å². The van der Waals surface area contributed by atoms with Crippen LogP contribution in [0.3, 0.4) is 0 Å². The molecule has 0 saturated heterocycles. The highest BCUT2D eigenvalue weighted by atomic mass is 16.5. The fraction of sp³-hybridized carbons (Fsp3) is 0.286. The summed E-state index contributed by atoms with van der Waals surface area (Å²) < 4.78 is 5.72. The Morgan fingerprint density at radius 1 is 1.32 bits per heavy atom. The number of ether oxygens (including phenoxy) is 1. The minimum Gasteiger partial charge on any atom is -0.487 e. The maximum atomic E-state index is 5.72. The first-order valence-corrected chi connectivity index (χ1v) is 6.20. The lowest BCUT2D eigenvalue weighted by Crippen LogP contribution is -2.11. The molecule has 0 saturated carbocycles. The van der Waals surface area contributed by atoms with Crippen LogP contribution in [0.5, 0.6) is 5.75 Å². The van der Waals surface area contributed by atoms with Gasteiger partial charge in [0.15, 0.2) is 0 Å². The number of nitrogen functional groups attached to an aromatic ring is 1. The van der Waals surface area contributed by atoms with Crippen molar-refractivity contribution in [2.75, 3.05) is 5.43 Å². The van der Waals surface area contributed by atoms with E-state index in [0.29, 0.717) is 18.5 Å². The van der Waals surface area contributed by atoms with Crippen molar-refractivity contribution < 1.29 is 4.74 Å². The van der Waals surface area contributed by atoms with Crippen molar-refractivity contribution >= 4 is 5.95 Å². The van der Waals surface area contributed by atoms with Gasteiger partial charge in [0.25, 0.3) is 0 Å². The van der Waals surface area contributed by atoms with Crippen molar-refractivity contribution in [3.8, 4) is 5.75 Å². The highest BCUT2D eigenvalue weighted by molar-refractivity contribution is 5.30. The Labute approximate surface area is 112 Å². The maximum Gasteiger partial charge on any atom is 0.237 e. The third-order valence-corrected chi connectivity index (χ3v) is 2.75. The molecule has 100 valence electrons. The van der Waals surface area contributed by atoms with Gasteiger partial charge in [-0.3, -0.25) is 5.43 Å². The van der Waals surface area contributed by atoms with Gasteiger partial charge >= 0.3 is 0 Å². The molecule has 0 unspecified atom stereocenters. The molecule has 0 aliphatic heterocycles. The van der Waals surface area contributed by atoms with Crippen LogP contribution in [0.2, 0.25) is 0 Å². The second-order valence-electron chi connectivity index (χ2n) is 4.53. The zero-order chi connectivity index (χ0) is 13.7. The number of rotatable bonds is 5. The largest absolute Gasteiger partial charge is 0.487 e. The summed E-state index contributed by atoms with van der Waals surface area (Å²) in [5, 5.41) is 0. The maximum absolute atomic E-state index is 5.72. The van der Waals surface area contributed by atoms with E-state index in [2.05, 4.69) is 35.3 Å². The zero-order valence-corrected chi connectivity index (χ0v) is 11.1. The second kappa shape index (κ2) is 6.15. The van der Waals surface area contributed by atoms with E-state index in [4.69, 9.17) is 10.6 Å². The molecule has 0 aliphatic carbocycles. The van der Waals surface area contributed by atoms with Crippen LogP contribution in [0.1, 0.15) is 31.0 Å². The standard InChI is InChI=1S/C14H18N4O/c1-10(2)11-4-3-5-13(8-11)19-9-12-6-7-16-14(17-12)18-15/h3-8,10H,9,15H2,1-2H3,(H,16,17,18). The molecule has 5 nitrogen and oxygen atoms in total. The summed E-state index contributed by atoms with van der Waals surface area (Å²) in [6, 6.07) is 9.88. The zero-order valence-electron chi connectivity index (χ0n) is 11.1. The van der Waals surface area contributed by atoms with Crippen LogP contribution < -0.4 is 16.0 Å². The van der Waals surface area contributed by atoms with Crippen LogP contribution in [0.15, 0.2) is 36.5 Å². The number of nitrogens with two attached hydrogens (primary N) is 1. The third-order valence-electron chi connectivity index (χ3n) is 2.75. The van der Waals surface area contributed by atoms with Crippen molar-refractivity contribution in [2.24, 2.45) is 5.84 Å². The molecule has 2 rings (SSSR count). The molecule has 2 aromatic rings. The molecule has 1 aromatic carbocycles. The Hall–Kier alpha value is -2.14. The summed E-state index contributed by atoms with van der Waals surface area (Å²) in [5.41, 5.74) is 4.44. The smallest absolute Gasteiger partial charge is 0.237 e. The molecule has 0 atom stereocenters. The van der Waals surface area contributed by atoms with Gasteiger partial charge in [-0.15, -0.1) is 0 Å². The summed E-state index contributed by atoms with van der Waals surface area (Å²) in [4.78, 5) is 8.14. The molecular formula is C14H18N4O. The highest BCUT2D eigenvalue weighted by Gasteiger charge is 2.03. The van der Waals surface area contributed by atoms with E-state index in [-0.39, 0.29) is 0 Å². The number of hydrogen-bond acceptors (Lipinski definition) is 5. The van der Waals surface area contributed by atoms with Crippen molar-refractivity contribution in [3.63, 3.8) is 0 Å². The van der Waals surface area contributed by atoms with Crippen molar-refractivity contribution in [3.05, 3.63) is 47.8 Å². The Kier molecular flexibility index (Phi) is 4.30. The van der Waals surface area contributed by atoms with Gasteiger partial charge in [-0.1, -0.05) is 26.0 Å². The lowest BCUT2D eigenvalue weighted by atomic mass is 10.0. The van der Waals surface area contributed by atoms with Gasteiger partial charge in [-0.2, -0.15) is 0 Å². The van der Waals surface area contributed by atoms with Crippen LogP contribution in [0.25, 0.3) is 0 Å². The van der Waals surface area contributed by atoms with E-state index in [0.717, 1.165) is 11.4 Å². The van der Waals surface area contributed by atoms with E-state index in [1.807, 2.05) is 18.2 Å². The average Bonchev–Trinajstić information content (AvgIpc) is 2.45. The van der Waals surface area contributed by atoms with E-state index in [9.17, 15) is 0 Å². The molecule has 1 aromatic heterocycles. The third kappa shape index (κ3) is 3.66. The first-order chi connectivity index (χ1) is 9.19. The van der Waals surface area contributed by atoms with Crippen LogP contribution in [-0.4, -0.2) is 9.97 Å². The molecule has 0 amide bonds. The predicted molar refractivity (Wildman–Crippen MR) is 74.7 cm³/mol. The first-order valence-electron chi connectivity index (χ1n) is 6.20. The van der Waals surface area contributed by atoms with E-state index in [1.165, 1.54) is 5.56 Å². The SMILES string of the molecule is CC(C)c1cccc(OCc2ccnc(NN)n2)c1. The summed E-state index contributed by atoms with van der Waals surface area (Å²) in [6.45, 7) is 4.70. The number of hydrogen-bond donors (Lipinski definition) is 2. The lowest BCUT2D eigenvalue weighted by Gasteiger charge is -2.10. The van der Waals surface area contributed by atoms with Crippen LogP contribution in [0, 0.1) is 0 Å². The molecule has 19 heavy (non-hydrogen) atoms. The molecule has 1 heterocycles. The number of aromatic nitrogens is 2. The summed E-state index contributed by atoms with van der Waals surface area (Å²) in [5.74, 6) is 6.97. The first kappa shape index (κ1) is 13.3.